The Hall–Kier alpha value is -2.32. The Morgan fingerprint density at radius 3 is 2.79 bits per heavy atom. The average molecular weight is 404 g/mol. The van der Waals surface area contributed by atoms with E-state index in [-0.39, 0.29) is 23.4 Å². The molecule has 156 valence electrons. The lowest BCUT2D eigenvalue weighted by Gasteiger charge is -2.39. The number of hydrogen-bond acceptors (Lipinski definition) is 4. The number of nitrogens with one attached hydrogen (secondary N) is 1. The number of aryl methyl sites for hydroxylation is 1. The maximum absolute atomic E-state index is 13.9. The van der Waals surface area contributed by atoms with E-state index in [0.29, 0.717) is 24.3 Å². The van der Waals surface area contributed by atoms with Crippen molar-refractivity contribution in [3.05, 3.63) is 53.4 Å². The fraction of sp³-hybridized carbons (Fsp3) is 0.524. The van der Waals surface area contributed by atoms with Crippen molar-refractivity contribution in [1.82, 2.24) is 20.0 Å². The first-order chi connectivity index (χ1) is 13.9. The van der Waals surface area contributed by atoms with Gasteiger partial charge in [-0.15, -0.1) is 0 Å². The third-order valence-corrected chi connectivity index (χ3v) is 6.05. The Morgan fingerprint density at radius 2 is 2.07 bits per heavy atom. The number of carbonyl (C=O) groups excluding carboxylic acids is 1. The Kier molecular flexibility index (Phi) is 5.65. The molecule has 29 heavy (non-hydrogen) atoms. The fourth-order valence-electron chi connectivity index (χ4n) is 4.32. The second-order valence-corrected chi connectivity index (χ2v) is 8.02. The van der Waals surface area contributed by atoms with Gasteiger partial charge < -0.3 is 10.1 Å². The first kappa shape index (κ1) is 20.0. The van der Waals surface area contributed by atoms with Crippen LogP contribution in [0.25, 0.3) is 0 Å². The van der Waals surface area contributed by atoms with Crippen LogP contribution in [0.3, 0.4) is 0 Å². The van der Waals surface area contributed by atoms with Gasteiger partial charge in [-0.2, -0.15) is 5.10 Å². The molecule has 4 rings (SSSR count). The predicted octanol–water partition coefficient (Wildman–Crippen LogP) is 2.64. The van der Waals surface area contributed by atoms with Crippen LogP contribution < -0.4 is 5.32 Å². The number of nitrogens with zero attached hydrogens (tertiary/aromatic N) is 3. The summed E-state index contributed by atoms with van der Waals surface area (Å²) >= 11 is 0. The molecule has 8 heteroatoms. The van der Waals surface area contributed by atoms with Crippen LogP contribution in [0.1, 0.15) is 41.7 Å². The lowest BCUT2D eigenvalue weighted by molar-refractivity contribution is -0.0765. The molecule has 2 aliphatic heterocycles. The number of piperidine rings is 1. The lowest BCUT2D eigenvalue weighted by atomic mass is 9.88. The van der Waals surface area contributed by atoms with Gasteiger partial charge >= 0.3 is 0 Å². The van der Waals surface area contributed by atoms with E-state index in [2.05, 4.69) is 15.3 Å². The molecule has 2 aliphatic rings. The molecule has 3 heterocycles. The highest BCUT2D eigenvalue weighted by atomic mass is 19.1. The van der Waals surface area contributed by atoms with Crippen molar-refractivity contribution >= 4 is 5.91 Å². The molecule has 0 bridgehead atoms. The number of rotatable bonds is 5. The van der Waals surface area contributed by atoms with Crippen LogP contribution in [0.2, 0.25) is 0 Å². The summed E-state index contributed by atoms with van der Waals surface area (Å²) in [7, 11) is 1.74. The average Bonchev–Trinajstić information content (AvgIpc) is 3.31. The first-order valence-corrected chi connectivity index (χ1v) is 10.0. The number of likely N-dealkylation sites (tertiary alicyclic amines) is 1. The largest absolute Gasteiger partial charge is 0.370 e. The monoisotopic (exact) mass is 404 g/mol. The van der Waals surface area contributed by atoms with Gasteiger partial charge in [0.2, 0.25) is 0 Å². The van der Waals surface area contributed by atoms with Gasteiger partial charge in [0.15, 0.2) is 0 Å². The number of ether oxygens (including phenoxy) is 1. The number of aromatic nitrogens is 2. The molecular weight excluding hydrogens is 378 g/mol. The molecule has 0 saturated carbocycles. The van der Waals surface area contributed by atoms with Crippen LogP contribution in [0.15, 0.2) is 30.5 Å². The van der Waals surface area contributed by atoms with E-state index in [1.807, 2.05) is 0 Å². The molecule has 0 aliphatic carbocycles. The standard InChI is InChI=1S/C21H26F2N4O2/c1-26-19(5-9-25-26)20(28)24-13-17-4-6-21(29-17)7-10-27(11-8-21)14-15-12-16(22)2-3-18(15)23/h2-3,5,9,12,17H,4,6-8,10-11,13-14H2,1H3,(H,24,28)/t17-/m0/s1. The van der Waals surface area contributed by atoms with Gasteiger partial charge in [0.1, 0.15) is 17.3 Å². The number of halogens is 2. The molecule has 2 saturated heterocycles. The van der Waals surface area contributed by atoms with E-state index in [9.17, 15) is 13.6 Å². The summed E-state index contributed by atoms with van der Waals surface area (Å²) < 4.78 is 35.2. The summed E-state index contributed by atoms with van der Waals surface area (Å²) in [4.78, 5) is 14.4. The van der Waals surface area contributed by atoms with Crippen LogP contribution in [0.4, 0.5) is 8.78 Å². The molecule has 1 atom stereocenters. The smallest absolute Gasteiger partial charge is 0.269 e. The van der Waals surface area contributed by atoms with Crippen molar-refractivity contribution in [2.45, 2.75) is 43.9 Å². The van der Waals surface area contributed by atoms with E-state index < -0.39 is 5.82 Å². The third kappa shape index (κ3) is 4.48. The van der Waals surface area contributed by atoms with Gasteiger partial charge in [0.05, 0.1) is 11.7 Å². The summed E-state index contributed by atoms with van der Waals surface area (Å²) in [5, 5.41) is 6.94. The van der Waals surface area contributed by atoms with E-state index >= 15 is 0 Å². The molecule has 0 radical (unpaired) electrons. The van der Waals surface area contributed by atoms with Crippen molar-refractivity contribution in [3.8, 4) is 0 Å². The molecule has 1 aromatic carbocycles. The van der Waals surface area contributed by atoms with Crippen LogP contribution in [-0.4, -0.2) is 51.9 Å². The molecule has 1 spiro atoms. The summed E-state index contributed by atoms with van der Waals surface area (Å²) in [6.45, 7) is 2.45. The first-order valence-electron chi connectivity index (χ1n) is 10.0. The quantitative estimate of drug-likeness (QED) is 0.833. The van der Waals surface area contributed by atoms with Crippen molar-refractivity contribution < 1.29 is 18.3 Å². The molecule has 1 amide bonds. The zero-order valence-electron chi connectivity index (χ0n) is 16.5. The van der Waals surface area contributed by atoms with Crippen LogP contribution in [0.5, 0.6) is 0 Å². The van der Waals surface area contributed by atoms with Gasteiger partial charge in [-0.3, -0.25) is 14.4 Å². The number of carbonyl (C=O) groups is 1. The highest BCUT2D eigenvalue weighted by Crippen LogP contribution is 2.39. The maximum Gasteiger partial charge on any atom is 0.269 e. The number of amides is 1. The van der Waals surface area contributed by atoms with Gasteiger partial charge in [-0.1, -0.05) is 0 Å². The minimum Gasteiger partial charge on any atom is -0.370 e. The summed E-state index contributed by atoms with van der Waals surface area (Å²) in [5.74, 6) is -0.931. The summed E-state index contributed by atoms with van der Waals surface area (Å²) in [6, 6.07) is 5.28. The molecule has 6 nitrogen and oxygen atoms in total. The second kappa shape index (κ2) is 8.20. The second-order valence-electron chi connectivity index (χ2n) is 8.02. The van der Waals surface area contributed by atoms with E-state index in [0.717, 1.165) is 44.8 Å². The van der Waals surface area contributed by atoms with Crippen molar-refractivity contribution in [1.29, 1.82) is 0 Å². The fourth-order valence-corrected chi connectivity index (χ4v) is 4.32. The van der Waals surface area contributed by atoms with Crippen LogP contribution in [-0.2, 0) is 18.3 Å². The van der Waals surface area contributed by atoms with Gasteiger partial charge in [-0.25, -0.2) is 8.78 Å². The van der Waals surface area contributed by atoms with Crippen molar-refractivity contribution in [2.75, 3.05) is 19.6 Å². The maximum atomic E-state index is 13.9. The normalized spacial score (nSPS) is 21.6. The van der Waals surface area contributed by atoms with E-state index in [4.69, 9.17) is 4.74 Å². The zero-order valence-corrected chi connectivity index (χ0v) is 16.5. The predicted molar refractivity (Wildman–Crippen MR) is 103 cm³/mol. The topological polar surface area (TPSA) is 59.4 Å². The molecule has 2 fully saturated rings. The number of benzene rings is 1. The Balaban J connectivity index is 1.26. The SMILES string of the molecule is Cn1nccc1C(=O)NC[C@@H]1CCC2(CCN(Cc3cc(F)ccc3F)CC2)O1. The number of hydrogen-bond donors (Lipinski definition) is 1. The highest BCUT2D eigenvalue weighted by molar-refractivity contribution is 5.92. The van der Waals surface area contributed by atoms with Crippen molar-refractivity contribution in [3.63, 3.8) is 0 Å². The molecule has 1 aromatic heterocycles. The lowest BCUT2D eigenvalue weighted by Crippen LogP contribution is -2.45. The molecule has 1 N–H and O–H groups in total. The van der Waals surface area contributed by atoms with Gasteiger partial charge in [0, 0.05) is 45.0 Å². The Morgan fingerprint density at radius 1 is 1.28 bits per heavy atom. The van der Waals surface area contributed by atoms with Crippen molar-refractivity contribution in [2.24, 2.45) is 7.05 Å². The van der Waals surface area contributed by atoms with Gasteiger partial charge in [-0.05, 0) is 49.9 Å². The molecule has 2 aromatic rings. The van der Waals surface area contributed by atoms with Gasteiger partial charge in [0.25, 0.3) is 5.91 Å². The molecule has 0 unspecified atom stereocenters. The highest BCUT2D eigenvalue weighted by Gasteiger charge is 2.42. The summed E-state index contributed by atoms with van der Waals surface area (Å²) in [5.41, 5.74) is 0.749. The van der Waals surface area contributed by atoms with Crippen LogP contribution >= 0.6 is 0 Å². The summed E-state index contributed by atoms with van der Waals surface area (Å²) in [6.07, 6.45) is 5.18. The van der Waals surface area contributed by atoms with E-state index in [1.165, 1.54) is 12.1 Å². The van der Waals surface area contributed by atoms with E-state index in [1.54, 1.807) is 24.0 Å². The molecular formula is C21H26F2N4O2. The Labute approximate surface area is 168 Å². The van der Waals surface area contributed by atoms with Crippen LogP contribution in [0, 0.1) is 11.6 Å². The zero-order chi connectivity index (χ0) is 20.4. The Bertz CT molecular complexity index is 877. The minimum absolute atomic E-state index is 0.000564. The minimum atomic E-state index is -0.412. The third-order valence-electron chi connectivity index (χ3n) is 6.05.